The number of rotatable bonds is 47. The quantitative estimate of drug-likeness (QED) is 0.0262. The fraction of sp³-hybridized carbons (Fsp3) is 0.597. The molecular weight excluding hydrogens is 841 g/mol. The Balaban J connectivity index is 4.20. The van der Waals surface area contributed by atoms with E-state index in [2.05, 4.69) is 154 Å². The molecule has 0 fully saturated rings. The molecule has 0 aromatic rings. The van der Waals surface area contributed by atoms with Gasteiger partial charge in [-0.15, -0.1) is 0 Å². The van der Waals surface area contributed by atoms with Crippen molar-refractivity contribution in [2.75, 3.05) is 13.2 Å². The Labute approximate surface area is 417 Å². The molecule has 0 radical (unpaired) electrons. The normalized spacial score (nSPS) is 13.2. The maximum absolute atomic E-state index is 12.7. The third kappa shape index (κ3) is 52.5. The third-order valence-corrected chi connectivity index (χ3v) is 10.9. The number of ether oxygens (including phenoxy) is 3. The average molecular weight is 939 g/mol. The van der Waals surface area contributed by atoms with Crippen molar-refractivity contribution in [3.05, 3.63) is 134 Å². The van der Waals surface area contributed by atoms with Crippen LogP contribution in [0.5, 0.6) is 0 Å². The molecule has 0 amide bonds. The molecule has 0 N–H and O–H groups in total. The molecule has 0 aliphatic carbocycles. The molecule has 0 rings (SSSR count). The molecule has 0 saturated carbocycles. The number of esters is 3. The van der Waals surface area contributed by atoms with Crippen LogP contribution in [0.25, 0.3) is 0 Å². The molecular formula is C62H98O6. The zero-order valence-electron chi connectivity index (χ0n) is 43.6. The molecule has 0 aliphatic rings. The largest absolute Gasteiger partial charge is 0.462 e. The van der Waals surface area contributed by atoms with Crippen molar-refractivity contribution in [2.45, 2.75) is 226 Å². The summed E-state index contributed by atoms with van der Waals surface area (Å²) < 4.78 is 16.6. The van der Waals surface area contributed by atoms with Gasteiger partial charge in [0.15, 0.2) is 6.10 Å². The molecule has 0 spiro atoms. The first kappa shape index (κ1) is 63.5. The van der Waals surface area contributed by atoms with E-state index in [0.29, 0.717) is 19.3 Å². The van der Waals surface area contributed by atoms with Crippen molar-refractivity contribution in [3.8, 4) is 0 Å². The van der Waals surface area contributed by atoms with Crippen LogP contribution in [0.1, 0.15) is 220 Å². The van der Waals surface area contributed by atoms with E-state index in [1.165, 1.54) is 19.3 Å². The minimum Gasteiger partial charge on any atom is -0.462 e. The summed E-state index contributed by atoms with van der Waals surface area (Å²) in [6.45, 7) is 6.33. The summed E-state index contributed by atoms with van der Waals surface area (Å²) in [6, 6.07) is 0. The summed E-state index contributed by atoms with van der Waals surface area (Å²) in [7, 11) is 0. The van der Waals surface area contributed by atoms with Gasteiger partial charge in [-0.3, -0.25) is 14.4 Å². The first-order chi connectivity index (χ1) is 33.5. The maximum Gasteiger partial charge on any atom is 0.306 e. The minimum absolute atomic E-state index is 0.0991. The van der Waals surface area contributed by atoms with Gasteiger partial charge in [0.1, 0.15) is 13.2 Å². The summed E-state index contributed by atoms with van der Waals surface area (Å²) in [4.78, 5) is 37.7. The first-order valence-electron chi connectivity index (χ1n) is 27.2. The van der Waals surface area contributed by atoms with Crippen molar-refractivity contribution in [2.24, 2.45) is 0 Å². The molecule has 0 aliphatic heterocycles. The first-order valence-corrected chi connectivity index (χ1v) is 27.2. The minimum atomic E-state index is -0.799. The number of carbonyl (C=O) groups is 3. The van der Waals surface area contributed by atoms with Crippen LogP contribution in [0.4, 0.5) is 0 Å². The standard InChI is InChI=1S/C62H98O6/c1-4-7-10-13-15-17-19-21-23-24-25-26-27-28-29-30-31-32-33-34-35-36-37-38-39-41-42-44-46-49-52-55-61(64)67-58-59(57-66-60(63)54-51-48-12-9-6-3)68-62(65)56-53-50-47-45-43-40-22-20-18-16-14-11-8-5-2/h7,10,14-17,20-23,25-26,28-29,31-32,34-35,37-38,41-42,59H,4-6,8-9,11-13,18-19,24,27,30,33,36,39-40,43-58H2,1-3H3/b10-7-,16-14-,17-15-,22-20-,23-21-,26-25-,29-28-,32-31-,35-34-,38-37-,42-41-. The lowest BCUT2D eigenvalue weighted by atomic mass is 10.1. The molecule has 1 unspecified atom stereocenters. The van der Waals surface area contributed by atoms with E-state index in [1.807, 2.05) is 0 Å². The second-order valence-electron chi connectivity index (χ2n) is 17.4. The van der Waals surface area contributed by atoms with Crippen LogP contribution in [-0.4, -0.2) is 37.2 Å². The molecule has 382 valence electrons. The highest BCUT2D eigenvalue weighted by Gasteiger charge is 2.19. The predicted molar refractivity (Wildman–Crippen MR) is 292 cm³/mol. The number of allylic oxidation sites excluding steroid dienone is 22. The Bertz CT molecular complexity index is 1500. The Morgan fingerprint density at radius 3 is 0.956 bits per heavy atom. The fourth-order valence-electron chi connectivity index (χ4n) is 6.80. The molecule has 0 heterocycles. The van der Waals surface area contributed by atoms with E-state index in [0.717, 1.165) is 161 Å². The zero-order valence-corrected chi connectivity index (χ0v) is 43.6. The Hall–Kier alpha value is -4.45. The summed E-state index contributed by atoms with van der Waals surface area (Å²) in [6.07, 6.45) is 77.7. The Kier molecular flexibility index (Phi) is 51.5. The van der Waals surface area contributed by atoms with E-state index in [9.17, 15) is 14.4 Å². The van der Waals surface area contributed by atoms with Gasteiger partial charge in [-0.25, -0.2) is 0 Å². The van der Waals surface area contributed by atoms with Crippen LogP contribution in [0.15, 0.2) is 134 Å². The summed E-state index contributed by atoms with van der Waals surface area (Å²) in [5.41, 5.74) is 0. The van der Waals surface area contributed by atoms with Crippen LogP contribution in [0.3, 0.4) is 0 Å². The smallest absolute Gasteiger partial charge is 0.306 e. The van der Waals surface area contributed by atoms with Gasteiger partial charge in [-0.2, -0.15) is 0 Å². The van der Waals surface area contributed by atoms with E-state index in [1.54, 1.807) is 0 Å². The highest BCUT2D eigenvalue weighted by atomic mass is 16.6. The lowest BCUT2D eigenvalue weighted by Gasteiger charge is -2.18. The molecule has 6 heteroatoms. The molecule has 68 heavy (non-hydrogen) atoms. The lowest BCUT2D eigenvalue weighted by Crippen LogP contribution is -2.30. The summed E-state index contributed by atoms with van der Waals surface area (Å²) >= 11 is 0. The lowest BCUT2D eigenvalue weighted by molar-refractivity contribution is -0.167. The average Bonchev–Trinajstić information content (AvgIpc) is 3.34. The number of carbonyl (C=O) groups excluding carboxylic acids is 3. The van der Waals surface area contributed by atoms with Crippen molar-refractivity contribution < 1.29 is 28.6 Å². The van der Waals surface area contributed by atoms with E-state index in [4.69, 9.17) is 14.2 Å². The molecule has 1 atom stereocenters. The van der Waals surface area contributed by atoms with Gasteiger partial charge in [0, 0.05) is 19.3 Å². The molecule has 0 saturated heterocycles. The van der Waals surface area contributed by atoms with E-state index in [-0.39, 0.29) is 31.1 Å². The van der Waals surface area contributed by atoms with Gasteiger partial charge in [0.2, 0.25) is 0 Å². The van der Waals surface area contributed by atoms with Gasteiger partial charge < -0.3 is 14.2 Å². The van der Waals surface area contributed by atoms with Crippen molar-refractivity contribution >= 4 is 17.9 Å². The molecule has 6 nitrogen and oxygen atoms in total. The Morgan fingerprint density at radius 1 is 0.309 bits per heavy atom. The molecule has 0 aromatic heterocycles. The monoisotopic (exact) mass is 939 g/mol. The van der Waals surface area contributed by atoms with Gasteiger partial charge in [-0.1, -0.05) is 219 Å². The van der Waals surface area contributed by atoms with Crippen molar-refractivity contribution in [1.29, 1.82) is 0 Å². The second kappa shape index (κ2) is 55.1. The van der Waals surface area contributed by atoms with Crippen molar-refractivity contribution in [3.63, 3.8) is 0 Å². The zero-order chi connectivity index (χ0) is 49.3. The summed E-state index contributed by atoms with van der Waals surface area (Å²) in [5, 5.41) is 0. The van der Waals surface area contributed by atoms with Gasteiger partial charge in [-0.05, 0) is 116 Å². The summed E-state index contributed by atoms with van der Waals surface area (Å²) in [5.74, 6) is -0.971. The second-order valence-corrected chi connectivity index (χ2v) is 17.4. The topological polar surface area (TPSA) is 78.9 Å². The molecule has 0 aromatic carbocycles. The van der Waals surface area contributed by atoms with Crippen LogP contribution in [-0.2, 0) is 28.6 Å². The van der Waals surface area contributed by atoms with Crippen LogP contribution >= 0.6 is 0 Å². The van der Waals surface area contributed by atoms with Crippen LogP contribution in [0.2, 0.25) is 0 Å². The van der Waals surface area contributed by atoms with Crippen molar-refractivity contribution in [1.82, 2.24) is 0 Å². The van der Waals surface area contributed by atoms with Crippen LogP contribution < -0.4 is 0 Å². The number of hydrogen-bond donors (Lipinski definition) is 0. The molecule has 0 bridgehead atoms. The van der Waals surface area contributed by atoms with E-state index < -0.39 is 6.10 Å². The van der Waals surface area contributed by atoms with Gasteiger partial charge in [0.05, 0.1) is 0 Å². The fourth-order valence-corrected chi connectivity index (χ4v) is 6.80. The van der Waals surface area contributed by atoms with Crippen LogP contribution in [0, 0.1) is 0 Å². The van der Waals surface area contributed by atoms with Gasteiger partial charge >= 0.3 is 17.9 Å². The SMILES string of the molecule is CC/C=C\C/C=C\C/C=C\C/C=C\C/C=C\C/C=C\C/C=C\C/C=C\C/C=C\CCCCCC(=O)OCC(COC(=O)CCCCCCC)OC(=O)CCCCCCC/C=C\C/C=C\CCCC. The predicted octanol–water partition coefficient (Wildman–Crippen LogP) is 18.3. The highest BCUT2D eigenvalue weighted by molar-refractivity contribution is 5.71. The highest BCUT2D eigenvalue weighted by Crippen LogP contribution is 2.12. The van der Waals surface area contributed by atoms with E-state index >= 15 is 0 Å². The third-order valence-electron chi connectivity index (χ3n) is 10.9. The number of unbranched alkanes of at least 4 members (excludes halogenated alkanes) is 14. The number of hydrogen-bond acceptors (Lipinski definition) is 6. The maximum atomic E-state index is 12.7. The Morgan fingerprint density at radius 2 is 0.588 bits per heavy atom. The van der Waals surface area contributed by atoms with Gasteiger partial charge in [0.25, 0.3) is 0 Å².